The molecule has 0 radical (unpaired) electrons. The van der Waals surface area contributed by atoms with Crippen LogP contribution in [-0.4, -0.2) is 48.9 Å². The van der Waals surface area contributed by atoms with Crippen molar-refractivity contribution in [3.05, 3.63) is 0 Å². The fourth-order valence-electron chi connectivity index (χ4n) is 0.961. The van der Waals surface area contributed by atoms with Crippen LogP contribution >= 0.6 is 0 Å². The molecule has 0 aliphatic carbocycles. The van der Waals surface area contributed by atoms with Gasteiger partial charge >= 0.3 is 42.5 Å². The first-order chi connectivity index (χ1) is 11.3. The lowest BCUT2D eigenvalue weighted by atomic mass is 10.2. The summed E-state index contributed by atoms with van der Waals surface area (Å²) in [6.45, 7) is 0. The largest absolute Gasteiger partial charge is 0.462 e. The first-order valence-corrected chi connectivity index (χ1v) is 5.38. The van der Waals surface area contributed by atoms with E-state index >= 15 is 0 Å². The molecule has 0 rings (SSSR count). The third kappa shape index (κ3) is 4.77. The van der Waals surface area contributed by atoms with Crippen molar-refractivity contribution in [1.82, 2.24) is 0 Å². The van der Waals surface area contributed by atoms with Crippen LogP contribution < -0.4 is 0 Å². The normalized spacial score (nSPS) is 19.0. The summed E-state index contributed by atoms with van der Waals surface area (Å²) in [7, 11) is 0. The highest BCUT2D eigenvalue weighted by molar-refractivity contribution is 4.93. The lowest BCUT2D eigenvalue weighted by Crippen LogP contribution is -2.66. The molecule has 0 bridgehead atoms. The van der Waals surface area contributed by atoms with Crippen molar-refractivity contribution in [2.45, 2.75) is 48.9 Å². The van der Waals surface area contributed by atoms with E-state index in [-0.39, 0.29) is 0 Å². The van der Waals surface area contributed by atoms with Crippen LogP contribution in [0.4, 0.5) is 74.6 Å². The summed E-state index contributed by atoms with van der Waals surface area (Å²) in [6.07, 6.45) is -42.7. The third-order valence-corrected chi connectivity index (χ3v) is 2.24. The summed E-state index contributed by atoms with van der Waals surface area (Å²) in [4.78, 5) is 0. The van der Waals surface area contributed by atoms with E-state index in [2.05, 4.69) is 0 Å². The quantitative estimate of drug-likeness (QED) is 0.497. The first-order valence-electron chi connectivity index (χ1n) is 5.38. The Hall–Kier alpha value is -1.27. The summed E-state index contributed by atoms with van der Waals surface area (Å²) >= 11 is 0. The van der Waals surface area contributed by atoms with E-state index in [0.717, 1.165) is 0 Å². The smallest absolute Gasteiger partial charge is 0.272 e. The Balaban J connectivity index is 6.21. The molecule has 19 heteroatoms. The Morgan fingerprint density at radius 1 is 0.519 bits per heavy atom. The minimum absolute atomic E-state index is 1.26. The van der Waals surface area contributed by atoms with Crippen LogP contribution in [-0.2, 0) is 9.47 Å². The average molecular weight is 452 g/mol. The van der Waals surface area contributed by atoms with Crippen molar-refractivity contribution in [2.75, 3.05) is 0 Å². The van der Waals surface area contributed by atoms with Gasteiger partial charge in [-0.1, -0.05) is 0 Å². The zero-order valence-corrected chi connectivity index (χ0v) is 11.3. The van der Waals surface area contributed by atoms with Gasteiger partial charge in [-0.2, -0.15) is 70.2 Å². The van der Waals surface area contributed by atoms with E-state index < -0.39 is 48.9 Å². The maximum atomic E-state index is 13.3. The molecule has 164 valence electrons. The highest BCUT2D eigenvalue weighted by Crippen LogP contribution is 2.55. The van der Waals surface area contributed by atoms with Gasteiger partial charge in [0.2, 0.25) is 0 Å². The van der Waals surface area contributed by atoms with Crippen molar-refractivity contribution >= 4 is 0 Å². The van der Waals surface area contributed by atoms with Crippen LogP contribution in [0.25, 0.3) is 0 Å². The summed E-state index contributed by atoms with van der Waals surface area (Å²) in [5, 5.41) is 0. The molecule has 0 amide bonds. The Labute approximate surface area is 134 Å². The van der Waals surface area contributed by atoms with Crippen LogP contribution in [0.15, 0.2) is 0 Å². The van der Waals surface area contributed by atoms with E-state index in [1.165, 1.54) is 4.74 Å². The number of hydrogen-bond donors (Lipinski definition) is 0. The van der Waals surface area contributed by atoms with E-state index in [4.69, 9.17) is 0 Å². The van der Waals surface area contributed by atoms with Crippen LogP contribution in [0.5, 0.6) is 0 Å². The molecule has 0 fully saturated rings. The van der Waals surface area contributed by atoms with Crippen molar-refractivity contribution in [2.24, 2.45) is 0 Å². The second-order valence-corrected chi connectivity index (χ2v) is 4.28. The predicted molar refractivity (Wildman–Crippen MR) is 43.9 cm³/mol. The second kappa shape index (κ2) is 6.66. The van der Waals surface area contributed by atoms with Crippen LogP contribution in [0.2, 0.25) is 0 Å². The molecule has 0 saturated heterocycles. The number of hydrogen-bond acceptors (Lipinski definition) is 2. The maximum absolute atomic E-state index is 13.3. The number of ether oxygens (including phenoxy) is 2. The van der Waals surface area contributed by atoms with Gasteiger partial charge in [-0.05, 0) is 0 Å². The van der Waals surface area contributed by atoms with Gasteiger partial charge < -0.3 is 0 Å². The highest BCUT2D eigenvalue weighted by atomic mass is 19.4. The standard InChI is InChI=1S/C8HF17O2/c9-1(2(10,11)12)26-8(24,25)4(15,6(19,20)21)27-7(22,23)3(13,14)5(16,17)18/h1H/t1-,4-/m0/s1. The summed E-state index contributed by atoms with van der Waals surface area (Å²) < 4.78 is 211. The molecular weight excluding hydrogens is 451 g/mol. The van der Waals surface area contributed by atoms with Gasteiger partial charge in [0.05, 0.1) is 0 Å². The van der Waals surface area contributed by atoms with Gasteiger partial charge in [0.1, 0.15) is 0 Å². The van der Waals surface area contributed by atoms with E-state index in [9.17, 15) is 74.6 Å². The first kappa shape index (κ1) is 25.7. The van der Waals surface area contributed by atoms with Gasteiger partial charge in [-0.15, -0.1) is 0 Å². The van der Waals surface area contributed by atoms with Gasteiger partial charge in [0.25, 0.3) is 6.36 Å². The molecule has 0 aromatic heterocycles. The number of halogens is 17. The van der Waals surface area contributed by atoms with Crippen molar-refractivity contribution in [1.29, 1.82) is 0 Å². The number of alkyl halides is 17. The van der Waals surface area contributed by atoms with Crippen molar-refractivity contribution < 1.29 is 84.1 Å². The zero-order chi connectivity index (χ0) is 22.5. The molecule has 2 nitrogen and oxygen atoms in total. The van der Waals surface area contributed by atoms with Crippen LogP contribution in [0.3, 0.4) is 0 Å². The monoisotopic (exact) mass is 452 g/mol. The Bertz CT molecular complexity index is 514. The molecule has 0 heterocycles. The number of rotatable bonds is 6. The van der Waals surface area contributed by atoms with E-state index in [1.807, 2.05) is 0 Å². The molecule has 0 unspecified atom stereocenters. The molecule has 0 aromatic rings. The molecule has 0 aliphatic heterocycles. The maximum Gasteiger partial charge on any atom is 0.462 e. The lowest BCUT2D eigenvalue weighted by molar-refractivity contribution is -0.543. The second-order valence-electron chi connectivity index (χ2n) is 4.28. The van der Waals surface area contributed by atoms with Crippen molar-refractivity contribution in [3.8, 4) is 0 Å². The van der Waals surface area contributed by atoms with Gasteiger partial charge in [-0.3, -0.25) is 9.47 Å². The minimum atomic E-state index is -7.78. The lowest BCUT2D eigenvalue weighted by Gasteiger charge is -2.38. The van der Waals surface area contributed by atoms with Gasteiger partial charge in [-0.25, -0.2) is 4.39 Å². The highest BCUT2D eigenvalue weighted by Gasteiger charge is 2.84. The topological polar surface area (TPSA) is 18.5 Å². The molecule has 0 N–H and O–H groups in total. The Morgan fingerprint density at radius 3 is 1.15 bits per heavy atom. The fourth-order valence-corrected chi connectivity index (χ4v) is 0.961. The summed E-state index contributed by atoms with van der Waals surface area (Å²) in [6, 6.07) is 0. The molecule has 27 heavy (non-hydrogen) atoms. The average Bonchev–Trinajstić information content (AvgIpc) is 2.33. The van der Waals surface area contributed by atoms with Gasteiger partial charge in [0, 0.05) is 0 Å². The summed E-state index contributed by atoms with van der Waals surface area (Å²) in [5.41, 5.74) is 0. The van der Waals surface area contributed by atoms with Gasteiger partial charge in [0.15, 0.2) is 0 Å². The van der Waals surface area contributed by atoms with Crippen LogP contribution in [0, 0.1) is 0 Å². The molecule has 0 aromatic carbocycles. The molecule has 0 spiro atoms. The van der Waals surface area contributed by atoms with Crippen LogP contribution in [0.1, 0.15) is 0 Å². The predicted octanol–water partition coefficient (Wildman–Crippen LogP) is 5.49. The Morgan fingerprint density at radius 2 is 0.889 bits per heavy atom. The fraction of sp³-hybridized carbons (Fsp3) is 1.00. The molecule has 2 atom stereocenters. The molecule has 0 saturated carbocycles. The van der Waals surface area contributed by atoms with Crippen molar-refractivity contribution in [3.63, 3.8) is 0 Å². The minimum Gasteiger partial charge on any atom is -0.272 e. The van der Waals surface area contributed by atoms with E-state index in [0.29, 0.717) is 0 Å². The summed E-state index contributed by atoms with van der Waals surface area (Å²) in [5.74, 6) is -15.5. The van der Waals surface area contributed by atoms with E-state index in [1.54, 1.807) is 4.74 Å². The third-order valence-electron chi connectivity index (χ3n) is 2.24. The SMILES string of the molecule is F[C@@H](OC(F)(F)[C@@](F)(OC(F)(F)C(F)(F)C(F)(F)F)C(F)(F)F)C(F)(F)F. The molecule has 0 aliphatic rings. The molecular formula is C8HF17O2. The Kier molecular flexibility index (Phi) is 6.35. The zero-order valence-electron chi connectivity index (χ0n) is 11.3.